The molecule has 2 aromatic heterocycles. The van der Waals surface area contributed by atoms with Crippen molar-refractivity contribution in [3.05, 3.63) is 56.2 Å². The van der Waals surface area contributed by atoms with E-state index < -0.39 is 0 Å². The smallest absolute Gasteiger partial charge is 0.256 e. The molecule has 1 aliphatic heterocycles. The maximum absolute atomic E-state index is 12.7. The molecule has 0 bridgehead atoms. The molecule has 0 saturated heterocycles. The lowest BCUT2D eigenvalue weighted by Crippen LogP contribution is -2.35. The van der Waals surface area contributed by atoms with Crippen molar-refractivity contribution in [1.82, 2.24) is 9.55 Å². The van der Waals surface area contributed by atoms with Crippen LogP contribution in [0, 0.1) is 11.3 Å². The molecule has 0 fully saturated rings. The van der Waals surface area contributed by atoms with Crippen molar-refractivity contribution in [1.29, 1.82) is 5.26 Å². The molecule has 1 aliphatic carbocycles. The Balaban J connectivity index is 1.73. The molecule has 2 atom stereocenters. The van der Waals surface area contributed by atoms with Gasteiger partial charge in [-0.3, -0.25) is 4.79 Å². The monoisotopic (exact) mass is 381 g/mol. The van der Waals surface area contributed by atoms with Crippen molar-refractivity contribution in [3.63, 3.8) is 0 Å². The van der Waals surface area contributed by atoms with Crippen molar-refractivity contribution in [2.24, 2.45) is 7.05 Å². The van der Waals surface area contributed by atoms with Crippen molar-refractivity contribution >= 4 is 29.1 Å². The Morgan fingerprint density at radius 3 is 3.04 bits per heavy atom. The fourth-order valence-electron chi connectivity index (χ4n) is 3.89. The third kappa shape index (κ3) is 2.98. The van der Waals surface area contributed by atoms with Gasteiger partial charge in [0.15, 0.2) is 0 Å². The normalized spacial score (nSPS) is 20.2. The molecule has 4 rings (SSSR count). The van der Waals surface area contributed by atoms with Crippen LogP contribution >= 0.6 is 11.6 Å². The summed E-state index contributed by atoms with van der Waals surface area (Å²) in [7, 11) is 1.83. The van der Waals surface area contributed by atoms with Crippen molar-refractivity contribution in [2.45, 2.75) is 38.3 Å². The lowest BCUT2D eigenvalue weighted by atomic mass is 9.90. The van der Waals surface area contributed by atoms with Crippen LogP contribution in [0.4, 0.5) is 11.4 Å². The highest BCUT2D eigenvalue weighted by Crippen LogP contribution is 2.33. The van der Waals surface area contributed by atoms with Crippen LogP contribution in [0.25, 0.3) is 6.08 Å². The van der Waals surface area contributed by atoms with E-state index in [2.05, 4.69) is 28.6 Å². The summed E-state index contributed by atoms with van der Waals surface area (Å²) >= 11 is 6.04. The molecule has 27 heavy (non-hydrogen) atoms. The Morgan fingerprint density at radius 1 is 1.44 bits per heavy atom. The second kappa shape index (κ2) is 6.75. The van der Waals surface area contributed by atoms with Crippen molar-refractivity contribution < 1.29 is 0 Å². The SMILES string of the molecule is CC1CCc2c(c3c(n(C)c2=O)C=CC(Nc2ccnc(Cl)c2C#N)C3)N1. The second-order valence-electron chi connectivity index (χ2n) is 7.12. The number of hydrogen-bond donors (Lipinski definition) is 2. The van der Waals surface area contributed by atoms with E-state index in [1.807, 2.05) is 19.2 Å². The highest BCUT2D eigenvalue weighted by Gasteiger charge is 2.27. The Bertz CT molecular complexity index is 1050. The molecule has 2 aliphatic rings. The van der Waals surface area contributed by atoms with E-state index in [-0.39, 0.29) is 16.8 Å². The number of nitriles is 1. The standard InChI is InChI=1S/C20H20ClN5O/c1-11-3-5-13-18(24-11)14-9-12(4-6-17(14)26(2)20(13)27)25-16-7-8-23-19(21)15(16)10-22/h4,6-8,11-12,24H,3,5,9H2,1-2H3,(H,23,25). The topological polar surface area (TPSA) is 82.7 Å². The highest BCUT2D eigenvalue weighted by molar-refractivity contribution is 6.30. The van der Waals surface area contributed by atoms with Crippen LogP contribution in [-0.4, -0.2) is 21.6 Å². The van der Waals surface area contributed by atoms with E-state index in [0.29, 0.717) is 23.7 Å². The minimum Gasteiger partial charge on any atom is -0.382 e. The van der Waals surface area contributed by atoms with E-state index in [0.717, 1.165) is 35.3 Å². The maximum Gasteiger partial charge on any atom is 0.256 e. The number of aromatic nitrogens is 2. The molecule has 2 N–H and O–H groups in total. The summed E-state index contributed by atoms with van der Waals surface area (Å²) in [6, 6.07) is 4.19. The van der Waals surface area contributed by atoms with E-state index in [9.17, 15) is 10.1 Å². The molecule has 2 aromatic rings. The summed E-state index contributed by atoms with van der Waals surface area (Å²) in [6.07, 6.45) is 8.06. The molecule has 3 heterocycles. The zero-order chi connectivity index (χ0) is 19.1. The fraction of sp³-hybridized carbons (Fsp3) is 0.350. The van der Waals surface area contributed by atoms with Gasteiger partial charge >= 0.3 is 0 Å². The minimum atomic E-state index is -0.0105. The molecule has 7 heteroatoms. The Labute approximate surface area is 162 Å². The molecule has 0 saturated carbocycles. The predicted molar refractivity (Wildman–Crippen MR) is 107 cm³/mol. The Hall–Kier alpha value is -2.78. The predicted octanol–water partition coefficient (Wildman–Crippen LogP) is 3.10. The number of anilines is 2. The van der Waals surface area contributed by atoms with Gasteiger partial charge in [-0.05, 0) is 31.9 Å². The number of fused-ring (bicyclic) bond motifs is 3. The molecule has 0 radical (unpaired) electrons. The van der Waals surface area contributed by atoms with Crippen LogP contribution < -0.4 is 16.2 Å². The molecular formula is C20H20ClN5O. The second-order valence-corrected chi connectivity index (χ2v) is 7.47. The summed E-state index contributed by atoms with van der Waals surface area (Å²) in [5, 5.41) is 16.5. The van der Waals surface area contributed by atoms with Crippen LogP contribution in [0.1, 0.15) is 35.7 Å². The first-order valence-electron chi connectivity index (χ1n) is 9.00. The van der Waals surface area contributed by atoms with Gasteiger partial charge in [0.1, 0.15) is 16.8 Å². The van der Waals surface area contributed by atoms with Crippen LogP contribution in [-0.2, 0) is 19.9 Å². The fourth-order valence-corrected chi connectivity index (χ4v) is 4.09. The van der Waals surface area contributed by atoms with Gasteiger partial charge in [0, 0.05) is 54.3 Å². The van der Waals surface area contributed by atoms with Crippen LogP contribution in [0.15, 0.2) is 23.1 Å². The highest BCUT2D eigenvalue weighted by atomic mass is 35.5. The summed E-state index contributed by atoms with van der Waals surface area (Å²) in [4.78, 5) is 16.7. The molecule has 6 nitrogen and oxygen atoms in total. The first-order chi connectivity index (χ1) is 13.0. The van der Waals surface area contributed by atoms with Crippen molar-refractivity contribution in [3.8, 4) is 6.07 Å². The van der Waals surface area contributed by atoms with Gasteiger partial charge in [-0.15, -0.1) is 0 Å². The first-order valence-corrected chi connectivity index (χ1v) is 9.38. The van der Waals surface area contributed by atoms with Crippen LogP contribution in [0.2, 0.25) is 5.15 Å². The Kier molecular flexibility index (Phi) is 4.40. The van der Waals surface area contributed by atoms with Gasteiger partial charge < -0.3 is 15.2 Å². The lowest BCUT2D eigenvalue weighted by Gasteiger charge is -2.31. The Morgan fingerprint density at radius 2 is 2.26 bits per heavy atom. The maximum atomic E-state index is 12.7. The average Bonchev–Trinajstić information content (AvgIpc) is 2.66. The summed E-state index contributed by atoms with van der Waals surface area (Å²) in [6.45, 7) is 2.14. The largest absolute Gasteiger partial charge is 0.382 e. The first kappa shape index (κ1) is 17.6. The molecular weight excluding hydrogens is 362 g/mol. The van der Waals surface area contributed by atoms with Crippen LogP contribution in [0.3, 0.4) is 0 Å². The summed E-state index contributed by atoms with van der Waals surface area (Å²) in [5.74, 6) is 0. The zero-order valence-corrected chi connectivity index (χ0v) is 16.0. The zero-order valence-electron chi connectivity index (χ0n) is 15.2. The number of halogens is 1. The van der Waals surface area contributed by atoms with Gasteiger partial charge in [0.25, 0.3) is 5.56 Å². The molecule has 0 amide bonds. The van der Waals surface area contributed by atoms with Crippen molar-refractivity contribution in [2.75, 3.05) is 10.6 Å². The van der Waals surface area contributed by atoms with Gasteiger partial charge in [0.05, 0.1) is 5.69 Å². The van der Waals surface area contributed by atoms with E-state index in [1.54, 1.807) is 16.8 Å². The third-order valence-electron chi connectivity index (χ3n) is 5.32. The van der Waals surface area contributed by atoms with E-state index in [4.69, 9.17) is 11.6 Å². The van der Waals surface area contributed by atoms with E-state index >= 15 is 0 Å². The number of rotatable bonds is 2. The van der Waals surface area contributed by atoms with E-state index in [1.165, 1.54) is 0 Å². The van der Waals surface area contributed by atoms with Gasteiger partial charge in [-0.2, -0.15) is 5.26 Å². The number of hydrogen-bond acceptors (Lipinski definition) is 5. The lowest BCUT2D eigenvalue weighted by molar-refractivity contribution is 0.654. The third-order valence-corrected chi connectivity index (χ3v) is 5.61. The minimum absolute atomic E-state index is 0.0105. The van der Waals surface area contributed by atoms with Crippen LogP contribution in [0.5, 0.6) is 0 Å². The summed E-state index contributed by atoms with van der Waals surface area (Å²) in [5.41, 5.74) is 5.00. The molecule has 2 unspecified atom stereocenters. The number of nitrogens with one attached hydrogen (secondary N) is 2. The van der Waals surface area contributed by atoms with Gasteiger partial charge in [0.2, 0.25) is 0 Å². The molecule has 0 aromatic carbocycles. The van der Waals surface area contributed by atoms with Gasteiger partial charge in [-0.25, -0.2) is 4.98 Å². The summed E-state index contributed by atoms with van der Waals surface area (Å²) < 4.78 is 1.74. The van der Waals surface area contributed by atoms with Gasteiger partial charge in [-0.1, -0.05) is 17.7 Å². The average molecular weight is 382 g/mol. The number of nitrogens with zero attached hydrogens (tertiary/aromatic N) is 3. The quantitative estimate of drug-likeness (QED) is 0.781. The molecule has 0 spiro atoms. The molecule has 138 valence electrons. The number of pyridine rings is 2.